The van der Waals surface area contributed by atoms with Crippen LogP contribution in [0.1, 0.15) is 81.0 Å². The van der Waals surface area contributed by atoms with Gasteiger partial charge in [-0.3, -0.25) is 4.79 Å². The number of hydrogen-bond acceptors (Lipinski definition) is 10. The van der Waals surface area contributed by atoms with Gasteiger partial charge in [-0.2, -0.15) is 13.1 Å². The molecule has 6 N–H and O–H groups in total. The lowest BCUT2D eigenvalue weighted by molar-refractivity contribution is -0.654. The molecule has 1 saturated carbocycles. The van der Waals surface area contributed by atoms with Crippen LogP contribution < -0.4 is 25.7 Å². The van der Waals surface area contributed by atoms with Crippen molar-refractivity contribution in [2.45, 2.75) is 106 Å². The number of carbonyl (C=O) groups is 1. The Bertz CT molecular complexity index is 1780. The largest absolute Gasteiger partial charge is 0.504 e. The zero-order chi connectivity index (χ0) is 34.3. The SMILES string of the molecule is NC1CCC(N2CCCCC[n+]3c(sc4c(Cl)ccc(O)c43)NS(=O)(=O)c3cnc(N4CCC(N5CCC(N)CC5)CC4)c(c3)C2=O)CC1. The number of aromatic hydroxyl groups is 1. The van der Waals surface area contributed by atoms with Crippen LogP contribution >= 0.6 is 22.9 Å². The Morgan fingerprint density at radius 3 is 2.37 bits per heavy atom. The van der Waals surface area contributed by atoms with Gasteiger partial charge in [0.15, 0.2) is 11.3 Å². The fourth-order valence-corrected chi connectivity index (χ4v) is 10.7. The molecule has 1 aromatic carbocycles. The molecule has 5 heterocycles. The Kier molecular flexibility index (Phi) is 10.2. The molecule has 3 aliphatic heterocycles. The number of aromatic nitrogens is 2. The molecule has 2 bridgehead atoms. The van der Waals surface area contributed by atoms with Crippen molar-refractivity contribution in [3.05, 3.63) is 35.0 Å². The lowest BCUT2D eigenvalue weighted by Crippen LogP contribution is -2.50. The third-order valence-corrected chi connectivity index (χ3v) is 14.0. The summed E-state index contributed by atoms with van der Waals surface area (Å²) in [6.45, 7) is 4.52. The number of nitrogens with zero attached hydrogens (tertiary/aromatic N) is 5. The zero-order valence-electron chi connectivity index (χ0n) is 27.9. The summed E-state index contributed by atoms with van der Waals surface area (Å²) < 4.78 is 33.3. The van der Waals surface area contributed by atoms with Gasteiger partial charge in [-0.1, -0.05) is 11.6 Å². The number of likely N-dealkylation sites (tertiary alicyclic amines) is 1. The summed E-state index contributed by atoms with van der Waals surface area (Å²) in [4.78, 5) is 26.1. The number of nitrogens with two attached hydrogens (primary N) is 2. The molecule has 7 rings (SSSR count). The number of phenols is 1. The highest BCUT2D eigenvalue weighted by Crippen LogP contribution is 2.37. The fraction of sp³-hybridized carbons (Fsp3) is 0.618. The minimum atomic E-state index is -4.18. The molecule has 0 unspecified atom stereocenters. The fourth-order valence-electron chi connectivity index (χ4n) is 8.08. The van der Waals surface area contributed by atoms with Gasteiger partial charge in [-0.25, -0.2) is 9.55 Å². The van der Waals surface area contributed by atoms with Crippen LogP contribution in [0.4, 0.5) is 10.9 Å². The van der Waals surface area contributed by atoms with Crippen LogP contribution in [0.5, 0.6) is 5.75 Å². The van der Waals surface area contributed by atoms with Gasteiger partial charge in [0.2, 0.25) is 0 Å². The van der Waals surface area contributed by atoms with E-state index in [9.17, 15) is 18.3 Å². The number of sulfonamides is 1. The number of fused-ring (bicyclic) bond motifs is 5. The molecule has 2 aromatic heterocycles. The van der Waals surface area contributed by atoms with E-state index in [1.54, 1.807) is 10.6 Å². The average molecular weight is 732 g/mol. The van der Waals surface area contributed by atoms with Gasteiger partial charge < -0.3 is 31.3 Å². The molecule has 0 radical (unpaired) electrons. The normalized spacial score (nSPS) is 25.2. The highest BCUT2D eigenvalue weighted by molar-refractivity contribution is 7.93. The first-order valence-electron chi connectivity index (χ1n) is 17.8. The second-order valence-corrected chi connectivity index (χ2v) is 17.3. The average Bonchev–Trinajstić information content (AvgIpc) is 3.46. The molecule has 4 aliphatic rings. The van der Waals surface area contributed by atoms with Gasteiger partial charge in [-0.15, -0.1) is 0 Å². The van der Waals surface area contributed by atoms with E-state index < -0.39 is 10.0 Å². The van der Waals surface area contributed by atoms with E-state index in [1.807, 2.05) is 4.90 Å². The van der Waals surface area contributed by atoms with Crippen LogP contribution in [-0.4, -0.2) is 91.1 Å². The van der Waals surface area contributed by atoms with Gasteiger partial charge in [0, 0.05) is 43.8 Å². The van der Waals surface area contributed by atoms with Gasteiger partial charge in [0.05, 0.1) is 23.3 Å². The number of piperidine rings is 2. The highest BCUT2D eigenvalue weighted by atomic mass is 35.5. The molecule has 3 aromatic rings. The lowest BCUT2D eigenvalue weighted by Gasteiger charge is -2.42. The van der Waals surface area contributed by atoms with Crippen LogP contribution in [-0.2, 0) is 16.6 Å². The molecule has 2 saturated heterocycles. The Hall–Kier alpha value is -2.75. The summed E-state index contributed by atoms with van der Waals surface area (Å²) >= 11 is 7.70. The Morgan fingerprint density at radius 2 is 1.63 bits per heavy atom. The van der Waals surface area contributed by atoms with Crippen molar-refractivity contribution in [3.63, 3.8) is 0 Å². The van der Waals surface area contributed by atoms with E-state index in [1.165, 1.54) is 29.7 Å². The molecular weight excluding hydrogens is 684 g/mol. The van der Waals surface area contributed by atoms with Crippen molar-refractivity contribution in [2.24, 2.45) is 11.5 Å². The van der Waals surface area contributed by atoms with Crippen LogP contribution in [0.15, 0.2) is 29.3 Å². The number of nitrogens with one attached hydrogen (secondary N) is 1. The maximum atomic E-state index is 14.7. The molecule has 1 amide bonds. The number of thiazole rings is 1. The molecule has 12 nitrogen and oxygen atoms in total. The predicted molar refractivity (Wildman–Crippen MR) is 193 cm³/mol. The second kappa shape index (κ2) is 14.5. The molecular formula is C34H48ClN8O4S2+. The molecule has 49 heavy (non-hydrogen) atoms. The zero-order valence-corrected chi connectivity index (χ0v) is 30.3. The van der Waals surface area contributed by atoms with Crippen molar-refractivity contribution in [2.75, 3.05) is 42.3 Å². The minimum Gasteiger partial charge on any atom is -0.504 e. The number of amides is 1. The number of benzene rings is 1. The number of carbonyl (C=O) groups excluding carboxylic acids is 1. The van der Waals surface area contributed by atoms with Crippen LogP contribution in [0.3, 0.4) is 0 Å². The molecule has 0 spiro atoms. The van der Waals surface area contributed by atoms with Crippen molar-refractivity contribution in [1.82, 2.24) is 14.8 Å². The maximum Gasteiger partial charge on any atom is 0.350 e. The predicted octanol–water partition coefficient (Wildman–Crippen LogP) is 4.03. The van der Waals surface area contributed by atoms with E-state index in [0.29, 0.717) is 50.9 Å². The van der Waals surface area contributed by atoms with Crippen molar-refractivity contribution < 1.29 is 22.9 Å². The first-order chi connectivity index (χ1) is 23.6. The summed E-state index contributed by atoms with van der Waals surface area (Å²) in [5.41, 5.74) is 13.3. The molecule has 0 atom stereocenters. The van der Waals surface area contributed by atoms with E-state index in [2.05, 4.69) is 14.5 Å². The van der Waals surface area contributed by atoms with Crippen LogP contribution in [0, 0.1) is 0 Å². The number of pyridine rings is 1. The Balaban J connectivity index is 1.25. The van der Waals surface area contributed by atoms with Crippen molar-refractivity contribution in [3.8, 4) is 5.75 Å². The number of anilines is 2. The topological polar surface area (TPSA) is 162 Å². The van der Waals surface area contributed by atoms with Gasteiger partial charge >= 0.3 is 15.2 Å². The van der Waals surface area contributed by atoms with Crippen LogP contribution in [0.2, 0.25) is 5.02 Å². The Labute approximate surface area is 297 Å². The quantitative estimate of drug-likeness (QED) is 0.292. The molecule has 266 valence electrons. The van der Waals surface area contributed by atoms with Crippen molar-refractivity contribution in [1.29, 1.82) is 0 Å². The number of halogens is 1. The maximum absolute atomic E-state index is 14.7. The number of rotatable bonds is 3. The summed E-state index contributed by atoms with van der Waals surface area (Å²) in [6.07, 6.45) is 11.0. The Morgan fingerprint density at radius 1 is 0.918 bits per heavy atom. The number of hydrogen-bond donors (Lipinski definition) is 4. The minimum absolute atomic E-state index is 0.0311. The first kappa shape index (κ1) is 34.7. The highest BCUT2D eigenvalue weighted by Gasteiger charge is 2.36. The third kappa shape index (κ3) is 7.22. The summed E-state index contributed by atoms with van der Waals surface area (Å²) in [7, 11) is -4.18. The summed E-state index contributed by atoms with van der Waals surface area (Å²) in [5, 5.41) is 11.6. The third-order valence-electron chi connectivity index (χ3n) is 11.0. The van der Waals surface area contributed by atoms with Gasteiger partial charge in [0.25, 0.3) is 5.91 Å². The van der Waals surface area contributed by atoms with E-state index >= 15 is 0 Å². The van der Waals surface area contributed by atoms with E-state index in [4.69, 9.17) is 28.1 Å². The second-order valence-electron chi connectivity index (χ2n) is 14.2. The van der Waals surface area contributed by atoms with E-state index in [-0.39, 0.29) is 34.7 Å². The molecule has 3 fully saturated rings. The summed E-state index contributed by atoms with van der Waals surface area (Å²) in [6, 6.07) is 5.56. The first-order valence-corrected chi connectivity index (χ1v) is 20.4. The number of phenolic OH excluding ortho intramolecular Hbond substituents is 1. The number of aryl methyl sites for hydroxylation is 1. The monoisotopic (exact) mass is 731 g/mol. The van der Waals surface area contributed by atoms with Gasteiger partial charge in [0.1, 0.15) is 15.4 Å². The smallest absolute Gasteiger partial charge is 0.350 e. The van der Waals surface area contributed by atoms with Crippen molar-refractivity contribution >= 4 is 60.0 Å². The standard InChI is InChI=1S/C34H47ClN8O4S2/c35-28-8-9-29(44)30-31(28)48-34-39-49(46,47)26-20-27(32(38-21-26)41-18-12-24(13-19-41)40-16-10-23(37)11-17-40)33(45)42(14-2-1-3-15-43(30)34)25-6-4-22(36)5-7-25/h8-9,20-25,44H,1-7,10-19,36-37H2/p+1. The molecule has 1 aliphatic carbocycles. The van der Waals surface area contributed by atoms with Gasteiger partial charge in [-0.05, 0) is 113 Å². The lowest BCUT2D eigenvalue weighted by atomic mass is 9.90. The van der Waals surface area contributed by atoms with E-state index in [0.717, 1.165) is 96.8 Å². The summed E-state index contributed by atoms with van der Waals surface area (Å²) in [5.74, 6) is 0.412. The molecule has 15 heteroatoms. The van der Waals surface area contributed by atoms with Crippen LogP contribution in [0.25, 0.3) is 10.2 Å².